The second-order valence-electron chi connectivity index (χ2n) is 6.89. The molecule has 0 heterocycles. The maximum atomic E-state index is 12.0. The molecule has 0 unspecified atom stereocenters. The number of hydrogen-bond acceptors (Lipinski definition) is 3. The number of nitrogens with zero attached hydrogens (tertiary/aromatic N) is 1. The second-order valence-corrected chi connectivity index (χ2v) is 6.89. The van der Waals surface area contributed by atoms with Crippen molar-refractivity contribution < 1.29 is 9.53 Å². The van der Waals surface area contributed by atoms with E-state index in [1.165, 1.54) is 5.56 Å². The Morgan fingerprint density at radius 2 is 1.71 bits per heavy atom. The van der Waals surface area contributed by atoms with Gasteiger partial charge in [0.05, 0.1) is 6.42 Å². The molecule has 0 radical (unpaired) electrons. The Bertz CT molecular complexity index is 434. The highest BCUT2D eigenvalue weighted by Crippen LogP contribution is 2.16. The molecule has 21 heavy (non-hydrogen) atoms. The van der Waals surface area contributed by atoms with Crippen LogP contribution < -0.4 is 0 Å². The van der Waals surface area contributed by atoms with Crippen LogP contribution >= 0.6 is 0 Å². The molecular weight excluding hydrogens is 262 g/mol. The van der Waals surface area contributed by atoms with Crippen molar-refractivity contribution in [2.24, 2.45) is 0 Å². The number of carbonyl (C=O) groups excluding carboxylic acids is 1. The largest absolute Gasteiger partial charge is 0.460 e. The van der Waals surface area contributed by atoms with Gasteiger partial charge in [-0.25, -0.2) is 0 Å². The summed E-state index contributed by atoms with van der Waals surface area (Å²) in [6, 6.07) is 10.9. The number of ether oxygens (including phenoxy) is 1. The van der Waals surface area contributed by atoms with E-state index in [1.54, 1.807) is 0 Å². The van der Waals surface area contributed by atoms with Crippen LogP contribution in [0.2, 0.25) is 0 Å². The Hall–Kier alpha value is -1.35. The summed E-state index contributed by atoms with van der Waals surface area (Å²) < 4.78 is 5.42. The van der Waals surface area contributed by atoms with Crippen molar-refractivity contribution in [3.63, 3.8) is 0 Å². The van der Waals surface area contributed by atoms with Crippen molar-refractivity contribution in [1.29, 1.82) is 0 Å². The van der Waals surface area contributed by atoms with Crippen molar-refractivity contribution in [3.05, 3.63) is 35.9 Å². The number of esters is 1. The van der Waals surface area contributed by atoms with E-state index >= 15 is 0 Å². The van der Waals surface area contributed by atoms with E-state index in [4.69, 9.17) is 4.74 Å². The first-order chi connectivity index (χ1) is 9.69. The molecule has 3 nitrogen and oxygen atoms in total. The molecule has 0 bridgehead atoms. The molecule has 0 amide bonds. The zero-order chi connectivity index (χ0) is 16.0. The molecule has 3 heteroatoms. The van der Waals surface area contributed by atoms with E-state index in [2.05, 4.69) is 37.8 Å². The first-order valence-corrected chi connectivity index (χ1v) is 7.70. The monoisotopic (exact) mass is 291 g/mol. The van der Waals surface area contributed by atoms with Gasteiger partial charge in [0, 0.05) is 18.6 Å². The van der Waals surface area contributed by atoms with Gasteiger partial charge in [0.2, 0.25) is 0 Å². The first-order valence-electron chi connectivity index (χ1n) is 7.70. The van der Waals surface area contributed by atoms with Gasteiger partial charge in [-0.05, 0) is 47.1 Å². The van der Waals surface area contributed by atoms with Crippen molar-refractivity contribution in [2.45, 2.75) is 72.2 Å². The van der Waals surface area contributed by atoms with Crippen molar-refractivity contribution in [3.8, 4) is 0 Å². The number of rotatable bonds is 6. The molecular formula is C18H29NO2. The van der Waals surface area contributed by atoms with Crippen molar-refractivity contribution in [1.82, 2.24) is 4.90 Å². The normalized spacial score (nSPS) is 13.5. The van der Waals surface area contributed by atoms with Crippen LogP contribution in [0.4, 0.5) is 0 Å². The topological polar surface area (TPSA) is 29.5 Å². The van der Waals surface area contributed by atoms with Gasteiger partial charge < -0.3 is 4.74 Å². The van der Waals surface area contributed by atoms with Gasteiger partial charge in [-0.1, -0.05) is 30.3 Å². The van der Waals surface area contributed by atoms with E-state index in [-0.39, 0.29) is 12.0 Å². The van der Waals surface area contributed by atoms with Gasteiger partial charge >= 0.3 is 5.97 Å². The molecule has 0 aliphatic heterocycles. The van der Waals surface area contributed by atoms with Crippen LogP contribution in [0, 0.1) is 0 Å². The lowest BCUT2D eigenvalue weighted by Gasteiger charge is -2.33. The summed E-state index contributed by atoms with van der Waals surface area (Å²) in [7, 11) is 0. The van der Waals surface area contributed by atoms with Crippen molar-refractivity contribution in [2.75, 3.05) is 0 Å². The summed E-state index contributed by atoms with van der Waals surface area (Å²) in [5.74, 6) is -0.131. The minimum atomic E-state index is -0.418. The first kappa shape index (κ1) is 17.7. The predicted octanol–water partition coefficient (Wildman–Crippen LogP) is 4.02. The minimum absolute atomic E-state index is 0.131. The third-order valence-electron chi connectivity index (χ3n) is 3.32. The molecule has 0 aliphatic rings. The predicted molar refractivity (Wildman–Crippen MR) is 87.0 cm³/mol. The maximum Gasteiger partial charge on any atom is 0.307 e. The Morgan fingerprint density at radius 1 is 1.14 bits per heavy atom. The summed E-state index contributed by atoms with van der Waals surface area (Å²) in [6.07, 6.45) is 0.419. The number of benzene rings is 1. The smallest absolute Gasteiger partial charge is 0.307 e. The lowest BCUT2D eigenvalue weighted by molar-refractivity contribution is -0.156. The molecule has 118 valence electrons. The molecule has 1 rings (SSSR count). The summed E-state index contributed by atoms with van der Waals surface area (Å²) >= 11 is 0. The summed E-state index contributed by atoms with van der Waals surface area (Å²) in [6.45, 7) is 13.0. The van der Waals surface area contributed by atoms with E-state index in [9.17, 15) is 4.79 Å². The molecule has 1 aromatic carbocycles. The third-order valence-corrected chi connectivity index (χ3v) is 3.32. The second kappa shape index (κ2) is 7.60. The van der Waals surface area contributed by atoms with E-state index in [0.29, 0.717) is 12.5 Å². The maximum absolute atomic E-state index is 12.0. The van der Waals surface area contributed by atoms with E-state index < -0.39 is 5.60 Å². The summed E-state index contributed by atoms with van der Waals surface area (Å²) in [5, 5.41) is 0. The number of carbonyl (C=O) groups is 1. The molecule has 1 atom stereocenters. The Labute approximate surface area is 129 Å². The van der Waals surface area contributed by atoms with Gasteiger partial charge in [0.15, 0.2) is 0 Å². The van der Waals surface area contributed by atoms with Crippen LogP contribution in [0.15, 0.2) is 30.3 Å². The average Bonchev–Trinajstić information content (AvgIpc) is 2.34. The summed E-state index contributed by atoms with van der Waals surface area (Å²) in [4.78, 5) is 14.3. The van der Waals surface area contributed by atoms with Gasteiger partial charge in [0.25, 0.3) is 0 Å². The van der Waals surface area contributed by atoms with Crippen LogP contribution in [0.25, 0.3) is 0 Å². The third kappa shape index (κ3) is 6.76. The fraction of sp³-hybridized carbons (Fsp3) is 0.611. The van der Waals surface area contributed by atoms with Gasteiger partial charge in [-0.3, -0.25) is 9.69 Å². The molecule has 0 saturated heterocycles. The highest BCUT2D eigenvalue weighted by Gasteiger charge is 2.23. The van der Waals surface area contributed by atoms with Gasteiger partial charge in [-0.2, -0.15) is 0 Å². The Kier molecular flexibility index (Phi) is 6.41. The zero-order valence-corrected chi connectivity index (χ0v) is 14.2. The van der Waals surface area contributed by atoms with E-state index in [1.807, 2.05) is 39.0 Å². The fourth-order valence-corrected chi connectivity index (χ4v) is 2.38. The van der Waals surface area contributed by atoms with Crippen LogP contribution in [-0.2, 0) is 16.1 Å². The van der Waals surface area contributed by atoms with Crippen LogP contribution in [0.3, 0.4) is 0 Å². The van der Waals surface area contributed by atoms with Crippen LogP contribution in [0.5, 0.6) is 0 Å². The highest BCUT2D eigenvalue weighted by molar-refractivity contribution is 5.70. The molecule has 0 fully saturated rings. The number of hydrogen-bond donors (Lipinski definition) is 0. The Morgan fingerprint density at radius 3 is 2.19 bits per heavy atom. The lowest BCUT2D eigenvalue weighted by atomic mass is 10.1. The highest BCUT2D eigenvalue weighted by atomic mass is 16.6. The standard InChI is InChI=1S/C18H29NO2/c1-14(2)19(13-16-10-8-7-9-11-16)15(3)12-17(20)21-18(4,5)6/h7-11,14-15H,12-13H2,1-6H3/t15-/m0/s1. The zero-order valence-electron chi connectivity index (χ0n) is 14.2. The Balaban J connectivity index is 2.66. The molecule has 0 spiro atoms. The SMILES string of the molecule is CC(C)N(Cc1ccccc1)[C@@H](C)CC(=O)OC(C)(C)C. The summed E-state index contributed by atoms with van der Waals surface area (Å²) in [5.41, 5.74) is 0.848. The van der Waals surface area contributed by atoms with E-state index in [0.717, 1.165) is 6.54 Å². The molecule has 0 N–H and O–H groups in total. The lowest BCUT2D eigenvalue weighted by Crippen LogP contribution is -2.40. The minimum Gasteiger partial charge on any atom is -0.460 e. The molecule has 0 aromatic heterocycles. The van der Waals surface area contributed by atoms with Gasteiger partial charge in [-0.15, -0.1) is 0 Å². The molecule has 1 aromatic rings. The molecule has 0 aliphatic carbocycles. The average molecular weight is 291 g/mol. The quantitative estimate of drug-likeness (QED) is 0.741. The van der Waals surface area contributed by atoms with Crippen LogP contribution in [0.1, 0.15) is 53.5 Å². The molecule has 0 saturated carbocycles. The fourth-order valence-electron chi connectivity index (χ4n) is 2.38. The van der Waals surface area contributed by atoms with Crippen molar-refractivity contribution >= 4 is 5.97 Å². The van der Waals surface area contributed by atoms with Crippen LogP contribution in [-0.4, -0.2) is 28.6 Å². The van der Waals surface area contributed by atoms with Gasteiger partial charge in [0.1, 0.15) is 5.60 Å².